The molecule has 15 heavy (non-hydrogen) atoms. The standard InChI is InChI=1S/C11H17NO2S/c1-3-9-4-5-10(15-9)11(14)12-6-8(2)7-13/h4-5,8,13H,3,6-7H2,1-2H3,(H,12,14). The topological polar surface area (TPSA) is 49.3 Å². The normalized spacial score (nSPS) is 12.5. The Balaban J connectivity index is 2.46. The zero-order valence-electron chi connectivity index (χ0n) is 9.12. The van der Waals surface area contributed by atoms with Gasteiger partial charge in [0.15, 0.2) is 0 Å². The van der Waals surface area contributed by atoms with Crippen LogP contribution in [-0.4, -0.2) is 24.2 Å². The maximum Gasteiger partial charge on any atom is 0.261 e. The Morgan fingerprint density at radius 2 is 2.33 bits per heavy atom. The van der Waals surface area contributed by atoms with Crippen LogP contribution in [0.4, 0.5) is 0 Å². The highest BCUT2D eigenvalue weighted by Gasteiger charge is 2.09. The second kappa shape index (κ2) is 5.88. The number of carbonyl (C=O) groups excluding carboxylic acids is 1. The maximum absolute atomic E-state index is 11.6. The number of aliphatic hydroxyl groups excluding tert-OH is 1. The van der Waals surface area contributed by atoms with Gasteiger partial charge in [-0.2, -0.15) is 0 Å². The lowest BCUT2D eigenvalue weighted by molar-refractivity contribution is 0.0946. The van der Waals surface area contributed by atoms with E-state index in [2.05, 4.69) is 12.2 Å². The summed E-state index contributed by atoms with van der Waals surface area (Å²) in [6.07, 6.45) is 0.963. The number of aliphatic hydroxyl groups is 1. The average molecular weight is 227 g/mol. The molecule has 1 aromatic rings. The molecule has 0 saturated carbocycles. The minimum atomic E-state index is -0.0417. The van der Waals surface area contributed by atoms with Crippen LogP contribution in [0.25, 0.3) is 0 Å². The lowest BCUT2D eigenvalue weighted by Gasteiger charge is -2.08. The predicted molar refractivity (Wildman–Crippen MR) is 62.3 cm³/mol. The summed E-state index contributed by atoms with van der Waals surface area (Å²) in [5.41, 5.74) is 0. The number of hydrogen-bond donors (Lipinski definition) is 2. The number of thiophene rings is 1. The number of hydrogen-bond acceptors (Lipinski definition) is 3. The van der Waals surface area contributed by atoms with Crippen molar-refractivity contribution >= 4 is 17.2 Å². The molecule has 0 spiro atoms. The smallest absolute Gasteiger partial charge is 0.261 e. The molecule has 1 aromatic heterocycles. The van der Waals surface area contributed by atoms with E-state index >= 15 is 0 Å². The van der Waals surface area contributed by atoms with Crippen LogP contribution in [0, 0.1) is 5.92 Å². The Bertz CT molecular complexity index is 322. The fraction of sp³-hybridized carbons (Fsp3) is 0.545. The minimum Gasteiger partial charge on any atom is -0.396 e. The van der Waals surface area contributed by atoms with Crippen molar-refractivity contribution in [3.8, 4) is 0 Å². The second-order valence-corrected chi connectivity index (χ2v) is 4.79. The third kappa shape index (κ3) is 3.64. The first kappa shape index (κ1) is 12.2. The van der Waals surface area contributed by atoms with Crippen molar-refractivity contribution in [2.45, 2.75) is 20.3 Å². The molecule has 0 aromatic carbocycles. The van der Waals surface area contributed by atoms with Crippen LogP contribution >= 0.6 is 11.3 Å². The van der Waals surface area contributed by atoms with Crippen LogP contribution in [0.15, 0.2) is 12.1 Å². The van der Waals surface area contributed by atoms with Gasteiger partial charge >= 0.3 is 0 Å². The number of amides is 1. The molecule has 1 atom stereocenters. The summed E-state index contributed by atoms with van der Waals surface area (Å²) in [5, 5.41) is 11.6. The Morgan fingerprint density at radius 3 is 2.87 bits per heavy atom. The summed E-state index contributed by atoms with van der Waals surface area (Å²) in [7, 11) is 0. The van der Waals surface area contributed by atoms with Crippen molar-refractivity contribution in [3.63, 3.8) is 0 Å². The Labute approximate surface area is 94.1 Å². The van der Waals surface area contributed by atoms with Gasteiger partial charge in [-0.25, -0.2) is 0 Å². The SMILES string of the molecule is CCc1ccc(C(=O)NCC(C)CO)s1. The van der Waals surface area contributed by atoms with Gasteiger partial charge in [0, 0.05) is 18.0 Å². The fourth-order valence-corrected chi connectivity index (χ4v) is 1.97. The van der Waals surface area contributed by atoms with Crippen molar-refractivity contribution in [2.75, 3.05) is 13.2 Å². The first-order chi connectivity index (χ1) is 7.17. The van der Waals surface area contributed by atoms with Gasteiger partial charge in [0.1, 0.15) is 0 Å². The molecule has 2 N–H and O–H groups in total. The van der Waals surface area contributed by atoms with Crippen LogP contribution in [-0.2, 0) is 6.42 Å². The van der Waals surface area contributed by atoms with Crippen LogP contribution < -0.4 is 5.32 Å². The summed E-state index contributed by atoms with van der Waals surface area (Å²) in [6.45, 7) is 4.59. The highest BCUT2D eigenvalue weighted by molar-refractivity contribution is 7.14. The van der Waals surface area contributed by atoms with Gasteiger partial charge in [-0.3, -0.25) is 4.79 Å². The van der Waals surface area contributed by atoms with E-state index in [-0.39, 0.29) is 18.4 Å². The Kier molecular flexibility index (Phi) is 4.78. The van der Waals surface area contributed by atoms with Gasteiger partial charge in [-0.05, 0) is 24.5 Å². The van der Waals surface area contributed by atoms with Gasteiger partial charge in [0.05, 0.1) is 4.88 Å². The third-order valence-electron chi connectivity index (χ3n) is 2.16. The molecular weight excluding hydrogens is 210 g/mol. The molecule has 1 rings (SSSR count). The van der Waals surface area contributed by atoms with E-state index in [9.17, 15) is 4.79 Å². The molecule has 0 fully saturated rings. The van der Waals surface area contributed by atoms with E-state index in [4.69, 9.17) is 5.11 Å². The molecule has 84 valence electrons. The summed E-state index contributed by atoms with van der Waals surface area (Å²) >= 11 is 1.53. The third-order valence-corrected chi connectivity index (χ3v) is 3.38. The molecule has 0 aliphatic carbocycles. The molecule has 0 saturated heterocycles. The van der Waals surface area contributed by atoms with E-state index in [1.165, 1.54) is 16.2 Å². The van der Waals surface area contributed by atoms with E-state index < -0.39 is 0 Å². The van der Waals surface area contributed by atoms with E-state index in [1.54, 1.807) is 0 Å². The van der Waals surface area contributed by atoms with Crippen LogP contribution in [0.3, 0.4) is 0 Å². The Hall–Kier alpha value is -0.870. The second-order valence-electron chi connectivity index (χ2n) is 3.62. The van der Waals surface area contributed by atoms with Crippen LogP contribution in [0.2, 0.25) is 0 Å². The monoisotopic (exact) mass is 227 g/mol. The van der Waals surface area contributed by atoms with Crippen molar-refractivity contribution in [3.05, 3.63) is 21.9 Å². The summed E-state index contributed by atoms with van der Waals surface area (Å²) < 4.78 is 0. The maximum atomic E-state index is 11.6. The van der Waals surface area contributed by atoms with Gasteiger partial charge < -0.3 is 10.4 Å². The molecule has 0 radical (unpaired) electrons. The molecule has 0 aliphatic rings. The van der Waals surface area contributed by atoms with E-state index in [1.807, 2.05) is 19.1 Å². The van der Waals surface area contributed by atoms with Crippen molar-refractivity contribution in [2.24, 2.45) is 5.92 Å². The lowest BCUT2D eigenvalue weighted by Crippen LogP contribution is -2.28. The summed E-state index contributed by atoms with van der Waals surface area (Å²) in [5.74, 6) is 0.0690. The average Bonchev–Trinajstić information content (AvgIpc) is 2.73. The van der Waals surface area contributed by atoms with Crippen molar-refractivity contribution < 1.29 is 9.90 Å². The molecule has 4 heteroatoms. The molecule has 1 unspecified atom stereocenters. The Morgan fingerprint density at radius 1 is 1.60 bits per heavy atom. The van der Waals surface area contributed by atoms with Crippen molar-refractivity contribution in [1.82, 2.24) is 5.32 Å². The van der Waals surface area contributed by atoms with Crippen molar-refractivity contribution in [1.29, 1.82) is 0 Å². The summed E-state index contributed by atoms with van der Waals surface area (Å²) in [4.78, 5) is 13.6. The fourth-order valence-electron chi connectivity index (χ4n) is 1.11. The zero-order valence-corrected chi connectivity index (χ0v) is 9.93. The number of nitrogens with one attached hydrogen (secondary N) is 1. The lowest BCUT2D eigenvalue weighted by atomic mass is 10.2. The van der Waals surface area contributed by atoms with E-state index in [0.717, 1.165) is 11.3 Å². The number of carbonyl (C=O) groups is 1. The molecular formula is C11H17NO2S. The predicted octanol–water partition coefficient (Wildman–Crippen LogP) is 1.67. The molecule has 3 nitrogen and oxygen atoms in total. The van der Waals surface area contributed by atoms with Gasteiger partial charge in [0.25, 0.3) is 5.91 Å². The highest BCUT2D eigenvalue weighted by atomic mass is 32.1. The first-order valence-corrected chi connectivity index (χ1v) is 5.96. The minimum absolute atomic E-state index is 0.0417. The number of aryl methyl sites for hydroxylation is 1. The molecule has 0 aliphatic heterocycles. The molecule has 1 heterocycles. The highest BCUT2D eigenvalue weighted by Crippen LogP contribution is 2.16. The zero-order chi connectivity index (χ0) is 11.3. The molecule has 1 amide bonds. The van der Waals surface area contributed by atoms with Gasteiger partial charge in [-0.1, -0.05) is 13.8 Å². The first-order valence-electron chi connectivity index (χ1n) is 5.15. The summed E-state index contributed by atoms with van der Waals surface area (Å²) in [6, 6.07) is 3.83. The van der Waals surface area contributed by atoms with E-state index in [0.29, 0.717) is 6.54 Å². The van der Waals surface area contributed by atoms with Gasteiger partial charge in [-0.15, -0.1) is 11.3 Å². The van der Waals surface area contributed by atoms with Crippen LogP contribution in [0.1, 0.15) is 28.4 Å². The largest absolute Gasteiger partial charge is 0.396 e. The number of rotatable bonds is 5. The van der Waals surface area contributed by atoms with Crippen LogP contribution in [0.5, 0.6) is 0 Å². The quantitative estimate of drug-likeness (QED) is 0.804. The van der Waals surface area contributed by atoms with Gasteiger partial charge in [0.2, 0.25) is 0 Å². The molecule has 0 bridgehead atoms.